The molecule has 1 rings (SSSR count). The molecule has 2 amide bonds. The molecular formula is C13H21NO5. The number of nitrogens with zero attached hydrogens (tertiary/aromatic N) is 1. The van der Waals surface area contributed by atoms with Gasteiger partial charge in [-0.2, -0.15) is 0 Å². The average molecular weight is 271 g/mol. The van der Waals surface area contributed by atoms with Gasteiger partial charge in [0.05, 0.1) is 13.2 Å². The molecule has 0 N–H and O–H groups in total. The number of allylic oxidation sites excluding steroid dienone is 1. The zero-order chi connectivity index (χ0) is 14.1. The molecule has 0 aliphatic carbocycles. The van der Waals surface area contributed by atoms with Crippen LogP contribution in [-0.4, -0.2) is 50.6 Å². The Morgan fingerprint density at radius 1 is 1.53 bits per heavy atom. The number of carbonyl (C=O) groups is 2. The largest absolute Gasteiger partial charge is 0.447 e. The van der Waals surface area contributed by atoms with Crippen LogP contribution in [0.15, 0.2) is 11.6 Å². The van der Waals surface area contributed by atoms with Gasteiger partial charge >= 0.3 is 6.09 Å². The topological polar surface area (TPSA) is 65.1 Å². The van der Waals surface area contributed by atoms with E-state index in [2.05, 4.69) is 0 Å². The summed E-state index contributed by atoms with van der Waals surface area (Å²) >= 11 is 0. The number of ether oxygens (including phenoxy) is 3. The average Bonchev–Trinajstić information content (AvgIpc) is 2.81. The van der Waals surface area contributed by atoms with E-state index in [1.54, 1.807) is 7.11 Å². The number of hydrogen-bond donors (Lipinski definition) is 0. The quantitative estimate of drug-likeness (QED) is 0.382. The molecule has 0 aromatic carbocycles. The summed E-state index contributed by atoms with van der Waals surface area (Å²) < 4.78 is 14.7. The number of carbonyl (C=O) groups excluding carboxylic acids is 2. The smallest absolute Gasteiger partial charge is 0.416 e. The Morgan fingerprint density at radius 3 is 2.95 bits per heavy atom. The van der Waals surface area contributed by atoms with Gasteiger partial charge in [0.25, 0.3) is 0 Å². The van der Waals surface area contributed by atoms with Gasteiger partial charge in [-0.1, -0.05) is 11.6 Å². The van der Waals surface area contributed by atoms with Crippen LogP contribution in [0.1, 0.15) is 26.2 Å². The molecule has 0 spiro atoms. The highest BCUT2D eigenvalue weighted by Gasteiger charge is 2.27. The first kappa shape index (κ1) is 15.7. The lowest BCUT2D eigenvalue weighted by Gasteiger charge is -2.09. The maximum absolute atomic E-state index is 11.7. The molecular weight excluding hydrogens is 250 g/mol. The number of unbranched alkanes of at least 4 members (excludes halogenated alkanes) is 1. The molecule has 19 heavy (non-hydrogen) atoms. The minimum atomic E-state index is -0.523. The van der Waals surface area contributed by atoms with E-state index in [4.69, 9.17) is 14.2 Å². The first-order chi connectivity index (χ1) is 9.15. The third kappa shape index (κ3) is 5.85. The fourth-order valence-electron chi connectivity index (χ4n) is 1.70. The van der Waals surface area contributed by atoms with E-state index in [9.17, 15) is 9.59 Å². The number of amides is 2. The molecule has 0 aromatic heterocycles. The van der Waals surface area contributed by atoms with Crippen LogP contribution in [0, 0.1) is 0 Å². The number of rotatable bonds is 8. The number of hydrogen-bond acceptors (Lipinski definition) is 5. The van der Waals surface area contributed by atoms with E-state index in [1.165, 1.54) is 0 Å². The molecule has 0 saturated carbocycles. The molecule has 1 heterocycles. The van der Waals surface area contributed by atoms with E-state index >= 15 is 0 Å². The molecule has 0 radical (unpaired) electrons. The van der Waals surface area contributed by atoms with Crippen molar-refractivity contribution in [1.82, 2.24) is 4.90 Å². The Hall–Kier alpha value is -1.40. The second kappa shape index (κ2) is 8.66. The molecule has 0 bridgehead atoms. The highest BCUT2D eigenvalue weighted by molar-refractivity contribution is 5.92. The Kier molecular flexibility index (Phi) is 7.14. The van der Waals surface area contributed by atoms with Crippen molar-refractivity contribution in [3.05, 3.63) is 11.6 Å². The van der Waals surface area contributed by atoms with Crippen LogP contribution in [0.2, 0.25) is 0 Å². The van der Waals surface area contributed by atoms with Crippen LogP contribution in [-0.2, 0) is 19.0 Å². The van der Waals surface area contributed by atoms with Gasteiger partial charge in [-0.05, 0) is 19.8 Å². The summed E-state index contributed by atoms with van der Waals surface area (Å²) in [6.07, 6.45) is 3.37. The van der Waals surface area contributed by atoms with Crippen molar-refractivity contribution in [2.24, 2.45) is 0 Å². The molecule has 1 saturated heterocycles. The Balaban J connectivity index is 2.14. The van der Waals surface area contributed by atoms with Gasteiger partial charge in [0.2, 0.25) is 5.91 Å². The summed E-state index contributed by atoms with van der Waals surface area (Å²) in [6.45, 7) is 3.45. The van der Waals surface area contributed by atoms with Crippen molar-refractivity contribution >= 4 is 12.0 Å². The van der Waals surface area contributed by atoms with Gasteiger partial charge in [-0.25, -0.2) is 9.69 Å². The van der Waals surface area contributed by atoms with Crippen LogP contribution in [0.4, 0.5) is 4.79 Å². The van der Waals surface area contributed by atoms with Gasteiger partial charge < -0.3 is 14.2 Å². The van der Waals surface area contributed by atoms with Crippen LogP contribution in [0.3, 0.4) is 0 Å². The maximum Gasteiger partial charge on any atom is 0.416 e. The molecule has 0 aromatic rings. The summed E-state index contributed by atoms with van der Waals surface area (Å²) in [5.41, 5.74) is 1.10. The minimum Gasteiger partial charge on any atom is -0.447 e. The Morgan fingerprint density at radius 2 is 2.32 bits per heavy atom. The third-order valence-corrected chi connectivity index (χ3v) is 2.68. The number of cyclic esters (lactones) is 1. The molecule has 0 unspecified atom stereocenters. The monoisotopic (exact) mass is 271 g/mol. The van der Waals surface area contributed by atoms with Gasteiger partial charge in [-0.3, -0.25) is 4.79 Å². The molecule has 6 nitrogen and oxygen atoms in total. The Bertz CT molecular complexity index is 340. The van der Waals surface area contributed by atoms with E-state index in [0.717, 1.165) is 16.9 Å². The van der Waals surface area contributed by atoms with Crippen molar-refractivity contribution < 1.29 is 23.8 Å². The van der Waals surface area contributed by atoms with Crippen LogP contribution in [0.5, 0.6) is 0 Å². The van der Waals surface area contributed by atoms with Gasteiger partial charge in [0, 0.05) is 13.5 Å². The van der Waals surface area contributed by atoms with Crippen LogP contribution in [0.25, 0.3) is 0 Å². The standard InChI is InChI=1S/C13H21NO5/c1-11(9-18-10-17-2)5-3-4-6-12(15)14-7-8-19-13(14)16/h5H,3-4,6-10H2,1-2H3/b11-5+. The molecule has 0 atom stereocenters. The fourth-order valence-corrected chi connectivity index (χ4v) is 1.70. The SMILES string of the molecule is COCOC/C(C)=C/CCCC(=O)N1CCOC1=O. The molecule has 1 aliphatic rings. The van der Waals surface area contributed by atoms with E-state index in [0.29, 0.717) is 32.6 Å². The van der Waals surface area contributed by atoms with Crippen molar-refractivity contribution in [2.45, 2.75) is 26.2 Å². The molecule has 1 aliphatic heterocycles. The van der Waals surface area contributed by atoms with E-state index < -0.39 is 6.09 Å². The molecule has 1 fully saturated rings. The van der Waals surface area contributed by atoms with Crippen molar-refractivity contribution in [3.63, 3.8) is 0 Å². The second-order valence-corrected chi connectivity index (χ2v) is 4.36. The number of methoxy groups -OCH3 is 1. The Labute approximate surface area is 113 Å². The lowest BCUT2D eigenvalue weighted by molar-refractivity contribution is -0.127. The molecule has 108 valence electrons. The summed E-state index contributed by atoms with van der Waals surface area (Å²) in [4.78, 5) is 24.0. The number of imide groups is 1. The van der Waals surface area contributed by atoms with Gasteiger partial charge in [0.1, 0.15) is 13.4 Å². The lowest BCUT2D eigenvalue weighted by Crippen LogP contribution is -2.31. The molecule has 6 heteroatoms. The summed E-state index contributed by atoms with van der Waals surface area (Å²) in [6, 6.07) is 0. The predicted molar refractivity (Wildman–Crippen MR) is 68.5 cm³/mol. The van der Waals surface area contributed by atoms with Crippen molar-refractivity contribution in [2.75, 3.05) is 33.7 Å². The van der Waals surface area contributed by atoms with Gasteiger partial charge in [0.15, 0.2) is 0 Å². The van der Waals surface area contributed by atoms with E-state index in [1.807, 2.05) is 13.0 Å². The zero-order valence-corrected chi connectivity index (χ0v) is 11.5. The normalized spacial score (nSPS) is 15.8. The minimum absolute atomic E-state index is 0.163. The first-order valence-corrected chi connectivity index (χ1v) is 6.34. The van der Waals surface area contributed by atoms with E-state index in [-0.39, 0.29) is 12.7 Å². The maximum atomic E-state index is 11.7. The fraction of sp³-hybridized carbons (Fsp3) is 0.692. The first-order valence-electron chi connectivity index (χ1n) is 6.34. The summed E-state index contributed by atoms with van der Waals surface area (Å²) in [5, 5.41) is 0. The second-order valence-electron chi connectivity index (χ2n) is 4.36. The highest BCUT2D eigenvalue weighted by atomic mass is 16.7. The van der Waals surface area contributed by atoms with Crippen LogP contribution < -0.4 is 0 Å². The predicted octanol–water partition coefficient (Wildman–Crippen LogP) is 1.70. The van der Waals surface area contributed by atoms with Crippen LogP contribution >= 0.6 is 0 Å². The van der Waals surface area contributed by atoms with Crippen molar-refractivity contribution in [3.8, 4) is 0 Å². The third-order valence-electron chi connectivity index (χ3n) is 2.68. The highest BCUT2D eigenvalue weighted by Crippen LogP contribution is 2.09. The summed E-state index contributed by atoms with van der Waals surface area (Å²) in [7, 11) is 1.58. The lowest BCUT2D eigenvalue weighted by atomic mass is 10.1. The van der Waals surface area contributed by atoms with Crippen molar-refractivity contribution in [1.29, 1.82) is 0 Å². The summed E-state index contributed by atoms with van der Waals surface area (Å²) in [5.74, 6) is -0.163. The zero-order valence-electron chi connectivity index (χ0n) is 11.5. The van der Waals surface area contributed by atoms with Gasteiger partial charge in [-0.15, -0.1) is 0 Å².